The van der Waals surface area contributed by atoms with Crippen molar-refractivity contribution in [1.29, 1.82) is 0 Å². The van der Waals surface area contributed by atoms with Crippen molar-refractivity contribution in [3.05, 3.63) is 10.9 Å². The average Bonchev–Trinajstić information content (AvgIpc) is 2.80. The predicted octanol–water partition coefficient (Wildman–Crippen LogP) is 3.51. The maximum absolute atomic E-state index is 4.58. The van der Waals surface area contributed by atoms with E-state index in [-0.39, 0.29) is 0 Å². The third kappa shape index (κ3) is 2.72. The van der Waals surface area contributed by atoms with Gasteiger partial charge < -0.3 is 10.6 Å². The molecule has 98 valence electrons. The number of anilines is 2. The van der Waals surface area contributed by atoms with E-state index in [4.69, 9.17) is 0 Å². The van der Waals surface area contributed by atoms with E-state index in [1.165, 1.54) is 4.88 Å². The molecule has 0 atom stereocenters. The molecule has 2 heterocycles. The Kier molecular flexibility index (Phi) is 4.36. The highest BCUT2D eigenvalue weighted by Gasteiger charge is 2.10. The van der Waals surface area contributed by atoms with Crippen LogP contribution in [0.4, 0.5) is 11.8 Å². The highest BCUT2D eigenvalue weighted by molar-refractivity contribution is 7.18. The summed E-state index contributed by atoms with van der Waals surface area (Å²) in [4.78, 5) is 11.5. The first-order valence-electron chi connectivity index (χ1n) is 6.56. The van der Waals surface area contributed by atoms with E-state index in [0.29, 0.717) is 0 Å². The SMILES string of the molecule is CCCNc1nc(NCC)c2cc(CC)sc2n1. The Hall–Kier alpha value is -1.36. The molecule has 0 spiro atoms. The molecule has 2 aromatic rings. The molecule has 5 heteroatoms. The molecule has 0 fully saturated rings. The quantitative estimate of drug-likeness (QED) is 0.838. The highest BCUT2D eigenvalue weighted by atomic mass is 32.1. The van der Waals surface area contributed by atoms with Crippen LogP contribution in [0.2, 0.25) is 0 Å². The lowest BCUT2D eigenvalue weighted by atomic mass is 10.3. The Labute approximate surface area is 112 Å². The van der Waals surface area contributed by atoms with Crippen LogP contribution in [-0.4, -0.2) is 23.1 Å². The van der Waals surface area contributed by atoms with Crippen molar-refractivity contribution in [2.45, 2.75) is 33.6 Å². The second-order valence-electron chi connectivity index (χ2n) is 4.14. The molecule has 0 aliphatic rings. The molecule has 18 heavy (non-hydrogen) atoms. The smallest absolute Gasteiger partial charge is 0.226 e. The van der Waals surface area contributed by atoms with Gasteiger partial charge in [0.1, 0.15) is 10.6 Å². The lowest BCUT2D eigenvalue weighted by molar-refractivity contribution is 0.957. The first-order chi connectivity index (χ1) is 8.78. The molecule has 0 unspecified atom stereocenters. The van der Waals surface area contributed by atoms with E-state index < -0.39 is 0 Å². The van der Waals surface area contributed by atoms with Gasteiger partial charge in [-0.05, 0) is 25.8 Å². The number of fused-ring (bicyclic) bond motifs is 1. The number of nitrogens with zero attached hydrogens (tertiary/aromatic N) is 2. The number of thiophene rings is 1. The van der Waals surface area contributed by atoms with E-state index in [2.05, 4.69) is 47.4 Å². The van der Waals surface area contributed by atoms with E-state index in [1.807, 2.05) is 0 Å². The number of hydrogen-bond acceptors (Lipinski definition) is 5. The second kappa shape index (κ2) is 6.00. The van der Waals surface area contributed by atoms with Crippen LogP contribution in [0.15, 0.2) is 6.07 Å². The molecular formula is C13H20N4S. The lowest BCUT2D eigenvalue weighted by Gasteiger charge is -2.07. The summed E-state index contributed by atoms with van der Waals surface area (Å²) in [6.07, 6.45) is 2.12. The number of aryl methyl sites for hydroxylation is 1. The van der Waals surface area contributed by atoms with Crippen molar-refractivity contribution in [2.24, 2.45) is 0 Å². The van der Waals surface area contributed by atoms with Gasteiger partial charge in [-0.15, -0.1) is 11.3 Å². The van der Waals surface area contributed by atoms with Gasteiger partial charge in [-0.2, -0.15) is 4.98 Å². The largest absolute Gasteiger partial charge is 0.370 e. The van der Waals surface area contributed by atoms with Crippen LogP contribution in [0.5, 0.6) is 0 Å². The molecule has 0 amide bonds. The molecule has 0 bridgehead atoms. The van der Waals surface area contributed by atoms with E-state index in [9.17, 15) is 0 Å². The van der Waals surface area contributed by atoms with Crippen LogP contribution in [-0.2, 0) is 6.42 Å². The third-order valence-electron chi connectivity index (χ3n) is 2.67. The molecule has 0 aromatic carbocycles. The van der Waals surface area contributed by atoms with Crippen LogP contribution >= 0.6 is 11.3 Å². The van der Waals surface area contributed by atoms with Crippen LogP contribution in [0, 0.1) is 0 Å². The lowest BCUT2D eigenvalue weighted by Crippen LogP contribution is -2.07. The van der Waals surface area contributed by atoms with Gasteiger partial charge in [-0.1, -0.05) is 13.8 Å². The number of hydrogen-bond donors (Lipinski definition) is 2. The summed E-state index contributed by atoms with van der Waals surface area (Å²) in [6, 6.07) is 2.20. The molecule has 0 saturated heterocycles. The maximum atomic E-state index is 4.58. The monoisotopic (exact) mass is 264 g/mol. The van der Waals surface area contributed by atoms with Gasteiger partial charge in [0.2, 0.25) is 5.95 Å². The van der Waals surface area contributed by atoms with Crippen molar-refractivity contribution in [3.8, 4) is 0 Å². The second-order valence-corrected chi connectivity index (χ2v) is 5.25. The Balaban J connectivity index is 2.43. The zero-order valence-electron chi connectivity index (χ0n) is 11.2. The van der Waals surface area contributed by atoms with Crippen LogP contribution in [0.1, 0.15) is 32.1 Å². The minimum atomic E-state index is 0.727. The molecule has 4 nitrogen and oxygen atoms in total. The first-order valence-corrected chi connectivity index (χ1v) is 7.38. The fraction of sp³-hybridized carbons (Fsp3) is 0.538. The Morgan fingerprint density at radius 2 is 2.00 bits per heavy atom. The van der Waals surface area contributed by atoms with E-state index in [0.717, 1.165) is 47.9 Å². The zero-order chi connectivity index (χ0) is 13.0. The normalized spacial score (nSPS) is 10.8. The van der Waals surface area contributed by atoms with Gasteiger partial charge >= 0.3 is 0 Å². The van der Waals surface area contributed by atoms with Crippen molar-refractivity contribution < 1.29 is 0 Å². The van der Waals surface area contributed by atoms with Gasteiger partial charge in [0, 0.05) is 18.0 Å². The van der Waals surface area contributed by atoms with Crippen LogP contribution in [0.25, 0.3) is 10.2 Å². The van der Waals surface area contributed by atoms with Gasteiger partial charge in [0.15, 0.2) is 0 Å². The summed E-state index contributed by atoms with van der Waals surface area (Å²) in [5, 5.41) is 7.72. The summed E-state index contributed by atoms with van der Waals surface area (Å²) in [6.45, 7) is 8.16. The molecular weight excluding hydrogens is 244 g/mol. The molecule has 0 aliphatic carbocycles. The molecule has 0 radical (unpaired) electrons. The molecule has 2 N–H and O–H groups in total. The molecule has 2 aromatic heterocycles. The summed E-state index contributed by atoms with van der Waals surface area (Å²) < 4.78 is 0. The number of rotatable bonds is 6. The number of nitrogens with one attached hydrogen (secondary N) is 2. The van der Waals surface area contributed by atoms with Gasteiger partial charge in [-0.25, -0.2) is 4.98 Å². The average molecular weight is 264 g/mol. The van der Waals surface area contributed by atoms with E-state index >= 15 is 0 Å². The third-order valence-corrected chi connectivity index (χ3v) is 3.84. The summed E-state index contributed by atoms with van der Waals surface area (Å²) in [5.74, 6) is 1.67. The van der Waals surface area contributed by atoms with Gasteiger partial charge in [0.05, 0.1) is 5.39 Å². The summed E-state index contributed by atoms with van der Waals surface area (Å²) in [7, 11) is 0. The molecule has 0 saturated carbocycles. The van der Waals surface area contributed by atoms with Crippen LogP contribution in [0.3, 0.4) is 0 Å². The van der Waals surface area contributed by atoms with Crippen molar-refractivity contribution >= 4 is 33.3 Å². The first kappa shape index (κ1) is 13.1. The summed E-state index contributed by atoms with van der Waals surface area (Å²) >= 11 is 1.75. The summed E-state index contributed by atoms with van der Waals surface area (Å²) in [5.41, 5.74) is 0. The number of aromatic nitrogens is 2. The van der Waals surface area contributed by atoms with Crippen molar-refractivity contribution in [2.75, 3.05) is 23.7 Å². The van der Waals surface area contributed by atoms with Crippen LogP contribution < -0.4 is 10.6 Å². The fourth-order valence-electron chi connectivity index (χ4n) is 1.76. The molecule has 0 aliphatic heterocycles. The zero-order valence-corrected chi connectivity index (χ0v) is 12.0. The predicted molar refractivity (Wildman–Crippen MR) is 79.7 cm³/mol. The van der Waals surface area contributed by atoms with Gasteiger partial charge in [0.25, 0.3) is 0 Å². The van der Waals surface area contributed by atoms with Gasteiger partial charge in [-0.3, -0.25) is 0 Å². The standard InChI is InChI=1S/C13H20N4S/c1-4-7-15-13-16-11(14-6-3)10-8-9(5-2)18-12(10)17-13/h8H,4-7H2,1-3H3,(H2,14,15,16,17). The van der Waals surface area contributed by atoms with E-state index in [1.54, 1.807) is 11.3 Å². The fourth-order valence-corrected chi connectivity index (χ4v) is 2.73. The van der Waals surface area contributed by atoms with Crippen molar-refractivity contribution in [3.63, 3.8) is 0 Å². The molecule has 2 rings (SSSR count). The maximum Gasteiger partial charge on any atom is 0.226 e. The topological polar surface area (TPSA) is 49.8 Å². The Morgan fingerprint density at radius 1 is 1.17 bits per heavy atom. The Bertz CT molecular complexity index is 521. The minimum absolute atomic E-state index is 0.727. The van der Waals surface area contributed by atoms with Crippen molar-refractivity contribution in [1.82, 2.24) is 9.97 Å². The Morgan fingerprint density at radius 3 is 2.67 bits per heavy atom. The minimum Gasteiger partial charge on any atom is -0.370 e. The highest BCUT2D eigenvalue weighted by Crippen LogP contribution is 2.30.